The number of ether oxygens (including phenoxy) is 2. The summed E-state index contributed by atoms with van der Waals surface area (Å²) < 4.78 is 10.7. The van der Waals surface area contributed by atoms with Crippen molar-refractivity contribution in [3.63, 3.8) is 0 Å². The van der Waals surface area contributed by atoms with Crippen molar-refractivity contribution < 1.29 is 34.7 Å². The number of carbonyl (C=O) groups excluding carboxylic acids is 1. The van der Waals surface area contributed by atoms with Gasteiger partial charge >= 0.3 is 0 Å². The van der Waals surface area contributed by atoms with Gasteiger partial charge in [0.2, 0.25) is 0 Å². The Morgan fingerprint density at radius 1 is 1.19 bits per heavy atom. The van der Waals surface area contributed by atoms with Crippen LogP contribution in [0.1, 0.15) is 39.5 Å². The second-order valence-electron chi connectivity index (χ2n) is 5.25. The first-order chi connectivity index (χ1) is 9.94. The minimum absolute atomic E-state index is 0.0809. The van der Waals surface area contributed by atoms with E-state index in [2.05, 4.69) is 0 Å². The van der Waals surface area contributed by atoms with Gasteiger partial charge < -0.3 is 29.9 Å². The summed E-state index contributed by atoms with van der Waals surface area (Å²) in [6, 6.07) is 0. The molecule has 7 heteroatoms. The zero-order valence-corrected chi connectivity index (χ0v) is 12.6. The molecule has 0 aromatic rings. The number of aliphatic hydroxyl groups is 4. The molecule has 124 valence electrons. The van der Waals surface area contributed by atoms with Gasteiger partial charge in [-0.05, 0) is 13.3 Å². The lowest BCUT2D eigenvalue weighted by Crippen LogP contribution is -2.69. The van der Waals surface area contributed by atoms with Crippen molar-refractivity contribution in [2.75, 3.05) is 13.2 Å². The number of hydrogen-bond donors (Lipinski definition) is 4. The molecule has 0 bridgehead atoms. The molecule has 0 radical (unpaired) electrons. The Morgan fingerprint density at radius 2 is 1.86 bits per heavy atom. The molecule has 4 N–H and O–H groups in total. The molecule has 1 fully saturated rings. The Balaban J connectivity index is 2.97. The second-order valence-corrected chi connectivity index (χ2v) is 5.25. The minimum atomic E-state index is -2.03. The van der Waals surface area contributed by atoms with Crippen molar-refractivity contribution >= 4 is 5.78 Å². The third-order valence-corrected chi connectivity index (χ3v) is 3.70. The number of unbranched alkanes of at least 4 members (excludes halogenated alkanes) is 2. The number of carbonyl (C=O) groups is 1. The molecular weight excluding hydrogens is 280 g/mol. The molecule has 0 aliphatic carbocycles. The SMILES string of the molecule is CCCCCC(=O)C1(OCC)O[C@H](CO)[C@@H](O)[C@H](O)[C@H]1O. The fraction of sp³-hybridized carbons (Fsp3) is 0.929. The van der Waals surface area contributed by atoms with Crippen LogP contribution < -0.4 is 0 Å². The van der Waals surface area contributed by atoms with Gasteiger partial charge in [-0.25, -0.2) is 0 Å². The Kier molecular flexibility index (Phi) is 7.19. The zero-order valence-electron chi connectivity index (χ0n) is 12.6. The predicted octanol–water partition coefficient (Wildman–Crippen LogP) is -0.658. The van der Waals surface area contributed by atoms with E-state index in [9.17, 15) is 25.2 Å². The molecule has 21 heavy (non-hydrogen) atoms. The van der Waals surface area contributed by atoms with Crippen LogP contribution in [0.2, 0.25) is 0 Å². The molecule has 0 aromatic carbocycles. The Bertz CT molecular complexity index is 333. The summed E-state index contributed by atoms with van der Waals surface area (Å²) in [6.45, 7) is 3.11. The molecule has 0 spiro atoms. The van der Waals surface area contributed by atoms with E-state index in [0.29, 0.717) is 6.42 Å². The van der Waals surface area contributed by atoms with E-state index < -0.39 is 42.6 Å². The van der Waals surface area contributed by atoms with Gasteiger partial charge in [-0.1, -0.05) is 19.8 Å². The monoisotopic (exact) mass is 306 g/mol. The first-order valence-electron chi connectivity index (χ1n) is 7.44. The van der Waals surface area contributed by atoms with Gasteiger partial charge in [0.25, 0.3) is 5.79 Å². The first kappa shape index (κ1) is 18.5. The van der Waals surface area contributed by atoms with Gasteiger partial charge in [-0.15, -0.1) is 0 Å². The summed E-state index contributed by atoms with van der Waals surface area (Å²) in [4.78, 5) is 12.4. The summed E-state index contributed by atoms with van der Waals surface area (Å²) in [5.74, 6) is -2.52. The van der Waals surface area contributed by atoms with Crippen LogP contribution >= 0.6 is 0 Å². The summed E-state index contributed by atoms with van der Waals surface area (Å²) >= 11 is 0. The van der Waals surface area contributed by atoms with E-state index >= 15 is 0 Å². The number of aliphatic hydroxyl groups excluding tert-OH is 4. The summed E-state index contributed by atoms with van der Waals surface area (Å²) in [7, 11) is 0. The van der Waals surface area contributed by atoms with Crippen LogP contribution in [0.25, 0.3) is 0 Å². The molecule has 1 aliphatic heterocycles. The fourth-order valence-corrected chi connectivity index (χ4v) is 2.50. The van der Waals surface area contributed by atoms with Gasteiger partial charge in [0, 0.05) is 13.0 Å². The van der Waals surface area contributed by atoms with Crippen LogP contribution in [0.3, 0.4) is 0 Å². The maximum atomic E-state index is 12.4. The quantitative estimate of drug-likeness (QED) is 0.440. The maximum Gasteiger partial charge on any atom is 0.258 e. The van der Waals surface area contributed by atoms with E-state index in [4.69, 9.17) is 9.47 Å². The van der Waals surface area contributed by atoms with E-state index in [1.165, 1.54) is 0 Å². The molecule has 1 saturated heterocycles. The zero-order chi connectivity index (χ0) is 16.0. The topological polar surface area (TPSA) is 116 Å². The third-order valence-electron chi connectivity index (χ3n) is 3.70. The highest BCUT2D eigenvalue weighted by atomic mass is 16.7. The average molecular weight is 306 g/mol. The van der Waals surface area contributed by atoms with Crippen molar-refractivity contribution in [1.82, 2.24) is 0 Å². The molecule has 1 unspecified atom stereocenters. The van der Waals surface area contributed by atoms with Gasteiger partial charge in [-0.2, -0.15) is 0 Å². The lowest BCUT2D eigenvalue weighted by atomic mass is 9.88. The van der Waals surface area contributed by atoms with Crippen LogP contribution in [-0.2, 0) is 14.3 Å². The van der Waals surface area contributed by atoms with Crippen molar-refractivity contribution in [2.24, 2.45) is 0 Å². The van der Waals surface area contributed by atoms with Gasteiger partial charge in [0.1, 0.15) is 24.4 Å². The highest BCUT2D eigenvalue weighted by molar-refractivity contribution is 5.87. The molecule has 1 aliphatic rings. The lowest BCUT2D eigenvalue weighted by Gasteiger charge is -2.46. The van der Waals surface area contributed by atoms with Gasteiger partial charge in [-0.3, -0.25) is 4.79 Å². The van der Waals surface area contributed by atoms with Crippen LogP contribution in [0.15, 0.2) is 0 Å². The van der Waals surface area contributed by atoms with E-state index in [1.54, 1.807) is 6.92 Å². The standard InChI is InChI=1S/C14H26O7/c1-3-5-6-7-10(16)14(20-4-2)13(19)12(18)11(17)9(8-15)21-14/h9,11-13,15,17-19H,3-8H2,1-2H3/t9-,11-,12+,13-,14?/m1/s1. The molecular formula is C14H26O7. The van der Waals surface area contributed by atoms with Crippen molar-refractivity contribution in [2.45, 2.75) is 69.7 Å². The van der Waals surface area contributed by atoms with E-state index in [-0.39, 0.29) is 13.0 Å². The molecule has 1 heterocycles. The van der Waals surface area contributed by atoms with Crippen LogP contribution in [-0.4, -0.2) is 69.6 Å². The number of rotatable bonds is 8. The highest BCUT2D eigenvalue weighted by Gasteiger charge is 2.58. The number of hydrogen-bond acceptors (Lipinski definition) is 7. The number of ketones is 1. The van der Waals surface area contributed by atoms with Crippen LogP contribution in [0.4, 0.5) is 0 Å². The van der Waals surface area contributed by atoms with E-state index in [1.807, 2.05) is 6.92 Å². The number of Topliss-reactive ketones (excluding diaryl/α,β-unsaturated/α-hetero) is 1. The highest BCUT2D eigenvalue weighted by Crippen LogP contribution is 2.33. The Labute approximate surface area is 124 Å². The predicted molar refractivity (Wildman–Crippen MR) is 73.5 cm³/mol. The third kappa shape index (κ3) is 3.80. The Hall–Kier alpha value is -0.570. The van der Waals surface area contributed by atoms with Crippen LogP contribution in [0.5, 0.6) is 0 Å². The molecule has 0 aromatic heterocycles. The average Bonchev–Trinajstić information content (AvgIpc) is 2.48. The Morgan fingerprint density at radius 3 is 2.38 bits per heavy atom. The first-order valence-corrected chi connectivity index (χ1v) is 7.44. The van der Waals surface area contributed by atoms with Crippen molar-refractivity contribution in [3.8, 4) is 0 Å². The van der Waals surface area contributed by atoms with Crippen molar-refractivity contribution in [3.05, 3.63) is 0 Å². The fourth-order valence-electron chi connectivity index (χ4n) is 2.50. The smallest absolute Gasteiger partial charge is 0.258 e. The summed E-state index contributed by atoms with van der Waals surface area (Å²) in [6.07, 6.45) is -3.49. The molecule has 0 amide bonds. The summed E-state index contributed by atoms with van der Waals surface area (Å²) in [5.41, 5.74) is 0. The van der Waals surface area contributed by atoms with Crippen LogP contribution in [0, 0.1) is 0 Å². The normalized spacial score (nSPS) is 36.7. The maximum absolute atomic E-state index is 12.4. The molecule has 7 nitrogen and oxygen atoms in total. The van der Waals surface area contributed by atoms with E-state index in [0.717, 1.165) is 12.8 Å². The molecule has 1 rings (SSSR count). The minimum Gasteiger partial charge on any atom is -0.394 e. The molecule has 5 atom stereocenters. The van der Waals surface area contributed by atoms with Gasteiger partial charge in [0.05, 0.1) is 6.61 Å². The van der Waals surface area contributed by atoms with Gasteiger partial charge in [0.15, 0.2) is 5.78 Å². The molecule has 0 saturated carbocycles. The largest absolute Gasteiger partial charge is 0.394 e. The van der Waals surface area contributed by atoms with Crippen molar-refractivity contribution in [1.29, 1.82) is 0 Å². The second kappa shape index (κ2) is 8.17. The lowest BCUT2D eigenvalue weighted by molar-refractivity contribution is -0.344. The summed E-state index contributed by atoms with van der Waals surface area (Å²) in [5, 5.41) is 39.0.